The number of anilines is 1. The van der Waals surface area contributed by atoms with Gasteiger partial charge in [0.25, 0.3) is 5.91 Å². The second-order valence-electron chi connectivity index (χ2n) is 7.35. The zero-order valence-corrected chi connectivity index (χ0v) is 20.1. The Labute approximate surface area is 205 Å². The molecule has 0 unspecified atom stereocenters. The van der Waals surface area contributed by atoms with Crippen molar-refractivity contribution in [2.24, 2.45) is 0 Å². The van der Waals surface area contributed by atoms with Crippen molar-refractivity contribution in [3.63, 3.8) is 0 Å². The molecule has 4 aromatic rings. The van der Waals surface area contributed by atoms with E-state index in [4.69, 9.17) is 39.5 Å². The number of para-hydroxylation sites is 1. The van der Waals surface area contributed by atoms with Gasteiger partial charge in [-0.3, -0.25) is 9.48 Å². The number of aryl methyl sites for hydroxylation is 1. The van der Waals surface area contributed by atoms with Crippen LogP contribution in [0.2, 0.25) is 15.1 Å². The molecule has 0 saturated heterocycles. The highest BCUT2D eigenvalue weighted by Crippen LogP contribution is 2.32. The minimum atomic E-state index is -0.346. The van der Waals surface area contributed by atoms with Crippen molar-refractivity contribution in [1.82, 2.24) is 19.6 Å². The highest BCUT2D eigenvalue weighted by atomic mass is 35.5. The van der Waals surface area contributed by atoms with Crippen LogP contribution in [0.1, 0.15) is 27.4 Å². The zero-order valence-electron chi connectivity index (χ0n) is 17.8. The Bertz CT molecular complexity index is 1280. The number of halogens is 3. The molecule has 0 aliphatic heterocycles. The summed E-state index contributed by atoms with van der Waals surface area (Å²) in [7, 11) is 0. The van der Waals surface area contributed by atoms with E-state index in [1.54, 1.807) is 30.5 Å². The van der Waals surface area contributed by atoms with Crippen molar-refractivity contribution in [1.29, 1.82) is 0 Å². The smallest absolute Gasteiger partial charge is 0.276 e. The highest BCUT2D eigenvalue weighted by Gasteiger charge is 2.17. The van der Waals surface area contributed by atoms with E-state index in [0.29, 0.717) is 38.7 Å². The van der Waals surface area contributed by atoms with Gasteiger partial charge >= 0.3 is 0 Å². The summed E-state index contributed by atoms with van der Waals surface area (Å²) in [6.07, 6.45) is 1.64. The van der Waals surface area contributed by atoms with Crippen molar-refractivity contribution < 1.29 is 9.53 Å². The quantitative estimate of drug-likeness (QED) is 0.335. The summed E-state index contributed by atoms with van der Waals surface area (Å²) in [5.41, 5.74) is 3.51. The first-order valence-electron chi connectivity index (χ1n) is 10.0. The summed E-state index contributed by atoms with van der Waals surface area (Å²) >= 11 is 18.2. The standard InChI is InChI=1S/C23H20Cl3N5O2/c1-14-21(15(2)31(28-14)12-16-6-8-17(24)9-7-16)27-23(32)20-10-11-30(29-20)13-33-22-18(25)4-3-5-19(22)26/h3-11H,12-13H2,1-2H3,(H,27,32). The first kappa shape index (κ1) is 23.2. The number of aromatic nitrogens is 4. The Kier molecular flexibility index (Phi) is 6.93. The van der Waals surface area contributed by atoms with E-state index in [9.17, 15) is 4.79 Å². The third-order valence-corrected chi connectivity index (χ3v) is 5.85. The molecule has 10 heteroatoms. The van der Waals surface area contributed by atoms with Crippen molar-refractivity contribution >= 4 is 46.4 Å². The largest absolute Gasteiger partial charge is 0.468 e. The number of hydrogen-bond acceptors (Lipinski definition) is 4. The first-order chi connectivity index (χ1) is 15.8. The van der Waals surface area contributed by atoms with Crippen molar-refractivity contribution in [3.8, 4) is 5.75 Å². The maximum absolute atomic E-state index is 12.8. The summed E-state index contributed by atoms with van der Waals surface area (Å²) in [5.74, 6) is 0.0171. The van der Waals surface area contributed by atoms with Crippen LogP contribution >= 0.6 is 34.8 Å². The molecule has 170 valence electrons. The van der Waals surface area contributed by atoms with Gasteiger partial charge in [-0.2, -0.15) is 10.2 Å². The number of carbonyl (C=O) groups excluding carboxylic acids is 1. The van der Waals surface area contributed by atoms with E-state index in [1.165, 1.54) is 4.68 Å². The summed E-state index contributed by atoms with van der Waals surface area (Å²) in [6.45, 7) is 4.37. The van der Waals surface area contributed by atoms with Crippen LogP contribution in [-0.4, -0.2) is 25.5 Å². The number of benzene rings is 2. The van der Waals surface area contributed by atoms with Gasteiger partial charge in [-0.25, -0.2) is 4.68 Å². The molecule has 2 heterocycles. The number of rotatable bonds is 7. The first-order valence-corrected chi connectivity index (χ1v) is 11.2. The lowest BCUT2D eigenvalue weighted by Crippen LogP contribution is -2.15. The second-order valence-corrected chi connectivity index (χ2v) is 8.60. The molecular formula is C23H20Cl3N5O2. The lowest BCUT2D eigenvalue weighted by molar-refractivity contribution is 0.102. The summed E-state index contributed by atoms with van der Waals surface area (Å²) in [4.78, 5) is 12.8. The lowest BCUT2D eigenvalue weighted by Gasteiger charge is -2.09. The summed E-state index contributed by atoms with van der Waals surface area (Å²) < 4.78 is 8.98. The average molecular weight is 505 g/mol. The third-order valence-electron chi connectivity index (χ3n) is 5.00. The molecule has 1 amide bonds. The fourth-order valence-electron chi connectivity index (χ4n) is 3.28. The number of hydrogen-bond donors (Lipinski definition) is 1. The molecule has 1 N–H and O–H groups in total. The predicted octanol–water partition coefficient (Wildman–Crippen LogP) is 5.99. The van der Waals surface area contributed by atoms with Gasteiger partial charge in [0.1, 0.15) is 0 Å². The van der Waals surface area contributed by atoms with Crippen LogP contribution in [0.25, 0.3) is 0 Å². The molecule has 0 aliphatic carbocycles. The molecule has 0 radical (unpaired) electrons. The maximum atomic E-state index is 12.8. The summed E-state index contributed by atoms with van der Waals surface area (Å²) in [5, 5.41) is 13.2. The molecule has 0 atom stereocenters. The van der Waals surface area contributed by atoms with Crippen LogP contribution in [0.4, 0.5) is 5.69 Å². The lowest BCUT2D eigenvalue weighted by atomic mass is 10.2. The fraction of sp³-hybridized carbons (Fsp3) is 0.174. The van der Waals surface area contributed by atoms with Crippen LogP contribution in [0.15, 0.2) is 54.7 Å². The predicted molar refractivity (Wildman–Crippen MR) is 130 cm³/mol. The highest BCUT2D eigenvalue weighted by molar-refractivity contribution is 6.37. The van der Waals surface area contributed by atoms with Gasteiger partial charge < -0.3 is 10.1 Å². The van der Waals surface area contributed by atoms with E-state index in [-0.39, 0.29) is 18.3 Å². The molecule has 4 rings (SSSR count). The van der Waals surface area contributed by atoms with Gasteiger partial charge in [-0.1, -0.05) is 53.0 Å². The Hall–Kier alpha value is -3.00. The molecule has 0 bridgehead atoms. The Balaban J connectivity index is 1.43. The monoisotopic (exact) mass is 503 g/mol. The zero-order chi connectivity index (χ0) is 23.5. The van der Waals surface area contributed by atoms with Gasteiger partial charge in [0.05, 0.1) is 33.7 Å². The SMILES string of the molecule is Cc1nn(Cc2ccc(Cl)cc2)c(C)c1NC(=O)c1ccn(COc2c(Cl)cccc2Cl)n1. The fourth-order valence-corrected chi connectivity index (χ4v) is 3.91. The molecule has 2 aromatic carbocycles. The van der Waals surface area contributed by atoms with Crippen molar-refractivity contribution in [2.75, 3.05) is 5.32 Å². The maximum Gasteiger partial charge on any atom is 0.276 e. The van der Waals surface area contributed by atoms with Crippen LogP contribution in [0.5, 0.6) is 5.75 Å². The molecule has 0 aliphatic rings. The average Bonchev–Trinajstić information content (AvgIpc) is 3.35. The number of amides is 1. The third kappa shape index (κ3) is 5.33. The van der Waals surface area contributed by atoms with Gasteiger partial charge in [0.15, 0.2) is 18.2 Å². The van der Waals surface area contributed by atoms with Gasteiger partial charge in [-0.15, -0.1) is 0 Å². The Morgan fingerprint density at radius 3 is 2.39 bits per heavy atom. The normalized spacial score (nSPS) is 10.9. The van der Waals surface area contributed by atoms with Crippen molar-refractivity contribution in [2.45, 2.75) is 27.1 Å². The topological polar surface area (TPSA) is 74.0 Å². The molecule has 7 nitrogen and oxygen atoms in total. The molecule has 0 saturated carbocycles. The van der Waals surface area contributed by atoms with Gasteiger partial charge in [0, 0.05) is 11.2 Å². The molecule has 0 fully saturated rings. The summed E-state index contributed by atoms with van der Waals surface area (Å²) in [6, 6.07) is 14.3. The molecule has 33 heavy (non-hydrogen) atoms. The number of nitrogens with zero attached hydrogens (tertiary/aromatic N) is 4. The molecule has 2 aromatic heterocycles. The second kappa shape index (κ2) is 9.87. The number of nitrogens with one attached hydrogen (secondary N) is 1. The van der Waals surface area contributed by atoms with E-state index in [1.807, 2.05) is 42.8 Å². The molecular weight excluding hydrogens is 485 g/mol. The van der Waals surface area contributed by atoms with E-state index in [0.717, 1.165) is 11.3 Å². The Morgan fingerprint density at radius 2 is 1.70 bits per heavy atom. The van der Waals surface area contributed by atoms with Gasteiger partial charge in [-0.05, 0) is 49.7 Å². The number of carbonyl (C=O) groups is 1. The minimum Gasteiger partial charge on any atom is -0.468 e. The van der Waals surface area contributed by atoms with E-state index < -0.39 is 0 Å². The van der Waals surface area contributed by atoms with Gasteiger partial charge in [0.2, 0.25) is 0 Å². The van der Waals surface area contributed by atoms with E-state index >= 15 is 0 Å². The van der Waals surface area contributed by atoms with Crippen LogP contribution < -0.4 is 10.1 Å². The minimum absolute atomic E-state index is 0.0494. The number of ether oxygens (including phenoxy) is 1. The van der Waals surface area contributed by atoms with Crippen molar-refractivity contribution in [3.05, 3.63) is 92.4 Å². The van der Waals surface area contributed by atoms with Crippen LogP contribution in [0, 0.1) is 13.8 Å². The van der Waals surface area contributed by atoms with Crippen LogP contribution in [0.3, 0.4) is 0 Å². The molecule has 0 spiro atoms. The Morgan fingerprint density at radius 1 is 1.00 bits per heavy atom. The van der Waals surface area contributed by atoms with Crippen LogP contribution in [-0.2, 0) is 13.3 Å². The van der Waals surface area contributed by atoms with E-state index in [2.05, 4.69) is 15.5 Å².